The second-order valence-corrected chi connectivity index (χ2v) is 10.2. The molecule has 0 saturated carbocycles. The van der Waals surface area contributed by atoms with E-state index in [4.69, 9.17) is 4.42 Å². The highest BCUT2D eigenvalue weighted by Gasteiger charge is 2.39. The van der Waals surface area contributed by atoms with Crippen LogP contribution < -0.4 is 5.32 Å². The van der Waals surface area contributed by atoms with Crippen LogP contribution in [0.1, 0.15) is 26.5 Å². The van der Waals surface area contributed by atoms with E-state index in [1.165, 1.54) is 40.3 Å². The summed E-state index contributed by atoms with van der Waals surface area (Å²) in [7, 11) is -4.25. The fourth-order valence-electron chi connectivity index (χ4n) is 3.78. The average molecular weight is 496 g/mol. The number of sulfone groups is 1. The van der Waals surface area contributed by atoms with Crippen LogP contribution in [0.3, 0.4) is 0 Å². The van der Waals surface area contributed by atoms with Gasteiger partial charge in [-0.2, -0.15) is 0 Å². The van der Waals surface area contributed by atoms with E-state index < -0.39 is 27.0 Å². The fourth-order valence-corrected chi connectivity index (χ4v) is 5.24. The first-order valence-electron chi connectivity index (χ1n) is 11.1. The summed E-state index contributed by atoms with van der Waals surface area (Å²) < 4.78 is 32.1. The van der Waals surface area contributed by atoms with Crippen LogP contribution in [0.2, 0.25) is 0 Å². The van der Waals surface area contributed by atoms with E-state index in [-0.39, 0.29) is 48.3 Å². The molecule has 0 spiro atoms. The molecule has 9 nitrogen and oxygen atoms in total. The Hall–Kier alpha value is -3.92. The largest absolute Gasteiger partial charge is 0.459 e. The predicted octanol–water partition coefficient (Wildman–Crippen LogP) is 2.10. The lowest BCUT2D eigenvalue weighted by atomic mass is 10.2. The van der Waals surface area contributed by atoms with Crippen molar-refractivity contribution in [3.05, 3.63) is 89.9 Å². The zero-order chi connectivity index (χ0) is 25.0. The summed E-state index contributed by atoms with van der Waals surface area (Å²) in [6.07, 6.45) is 1.41. The molecular formula is C25H25N3O6S. The SMILES string of the molecule is Cc1ccc(S(=O)(=O)[C@H](NC(=O)c2ccccc2)C(=O)N2CCN(C(=O)c3ccco3)CC2)cc1. The number of benzene rings is 2. The van der Waals surface area contributed by atoms with E-state index >= 15 is 0 Å². The van der Waals surface area contributed by atoms with Crippen LogP contribution in [-0.2, 0) is 14.6 Å². The summed E-state index contributed by atoms with van der Waals surface area (Å²) in [5.41, 5.74) is 1.09. The van der Waals surface area contributed by atoms with Crippen molar-refractivity contribution in [3.63, 3.8) is 0 Å². The minimum absolute atomic E-state index is 0.0681. The number of furan rings is 1. The monoisotopic (exact) mass is 495 g/mol. The van der Waals surface area contributed by atoms with E-state index in [9.17, 15) is 22.8 Å². The molecule has 1 atom stereocenters. The van der Waals surface area contributed by atoms with Crippen LogP contribution in [0.4, 0.5) is 0 Å². The first-order chi connectivity index (χ1) is 16.8. The summed E-state index contributed by atoms with van der Waals surface area (Å²) in [5, 5.41) is 0.612. The van der Waals surface area contributed by atoms with Crippen LogP contribution in [0.15, 0.2) is 82.3 Å². The van der Waals surface area contributed by atoms with E-state index in [1.807, 2.05) is 6.92 Å². The van der Waals surface area contributed by atoms with Crippen LogP contribution >= 0.6 is 0 Å². The lowest BCUT2D eigenvalue weighted by molar-refractivity contribution is -0.132. The third-order valence-electron chi connectivity index (χ3n) is 5.79. The molecule has 1 N–H and O–H groups in total. The molecule has 10 heteroatoms. The van der Waals surface area contributed by atoms with Gasteiger partial charge in [-0.15, -0.1) is 0 Å². The Morgan fingerprint density at radius 1 is 0.857 bits per heavy atom. The number of aryl methyl sites for hydroxylation is 1. The number of carbonyl (C=O) groups is 3. The Labute approximate surface area is 203 Å². The summed E-state index contributed by atoms with van der Waals surface area (Å²) >= 11 is 0. The van der Waals surface area contributed by atoms with Gasteiger partial charge in [0.2, 0.25) is 15.2 Å². The predicted molar refractivity (Wildman–Crippen MR) is 127 cm³/mol. The third-order valence-corrected chi connectivity index (χ3v) is 7.66. The Morgan fingerprint density at radius 3 is 2.09 bits per heavy atom. The molecule has 2 heterocycles. The van der Waals surface area contributed by atoms with Gasteiger partial charge < -0.3 is 19.5 Å². The molecule has 1 aromatic heterocycles. The third kappa shape index (κ3) is 5.27. The molecule has 1 fully saturated rings. The maximum absolute atomic E-state index is 13.5. The topological polar surface area (TPSA) is 117 Å². The van der Waals surface area contributed by atoms with Gasteiger partial charge in [-0.1, -0.05) is 35.9 Å². The molecular weight excluding hydrogens is 470 g/mol. The molecule has 182 valence electrons. The molecule has 2 aromatic carbocycles. The van der Waals surface area contributed by atoms with E-state index in [0.29, 0.717) is 0 Å². The van der Waals surface area contributed by atoms with E-state index in [1.54, 1.807) is 42.5 Å². The van der Waals surface area contributed by atoms with Crippen molar-refractivity contribution in [3.8, 4) is 0 Å². The first-order valence-corrected chi connectivity index (χ1v) is 12.6. The standard InChI is InChI=1S/C25H25N3O6S/c1-18-9-11-20(12-10-18)35(32,33)23(26-22(29)19-6-3-2-4-7-19)25(31)28-15-13-27(14-16-28)24(30)21-8-5-17-34-21/h2-12,17,23H,13-16H2,1H3,(H,26,29)/t23-/m0/s1. The number of carbonyl (C=O) groups excluding carboxylic acids is 3. The Morgan fingerprint density at radius 2 is 1.49 bits per heavy atom. The molecule has 1 aliphatic rings. The van der Waals surface area contributed by atoms with Crippen molar-refractivity contribution >= 4 is 27.6 Å². The number of hydrogen-bond donors (Lipinski definition) is 1. The molecule has 1 saturated heterocycles. The maximum Gasteiger partial charge on any atom is 0.289 e. The van der Waals surface area contributed by atoms with E-state index in [2.05, 4.69) is 5.32 Å². The quantitative estimate of drug-likeness (QED) is 0.560. The summed E-state index contributed by atoms with van der Waals surface area (Å²) in [6.45, 7) is 2.46. The Kier molecular flexibility index (Phi) is 7.02. The maximum atomic E-state index is 13.5. The van der Waals surface area contributed by atoms with Gasteiger partial charge in [-0.05, 0) is 43.3 Å². The van der Waals surface area contributed by atoms with Gasteiger partial charge >= 0.3 is 0 Å². The lowest BCUT2D eigenvalue weighted by Crippen LogP contribution is -2.57. The molecule has 1 aliphatic heterocycles. The van der Waals surface area contributed by atoms with Crippen molar-refractivity contribution < 1.29 is 27.2 Å². The van der Waals surface area contributed by atoms with Gasteiger partial charge in [-0.3, -0.25) is 14.4 Å². The highest BCUT2D eigenvalue weighted by Crippen LogP contribution is 2.19. The Bertz CT molecular complexity index is 1300. The number of nitrogens with one attached hydrogen (secondary N) is 1. The number of hydrogen-bond acceptors (Lipinski definition) is 6. The van der Waals surface area contributed by atoms with Crippen molar-refractivity contribution in [1.29, 1.82) is 0 Å². The molecule has 0 unspecified atom stereocenters. The van der Waals surface area contributed by atoms with Gasteiger partial charge in [0.1, 0.15) is 0 Å². The van der Waals surface area contributed by atoms with Crippen LogP contribution in [0.5, 0.6) is 0 Å². The molecule has 4 rings (SSSR count). The lowest BCUT2D eigenvalue weighted by Gasteiger charge is -2.36. The molecule has 3 aromatic rings. The Balaban J connectivity index is 1.56. The molecule has 0 radical (unpaired) electrons. The van der Waals surface area contributed by atoms with Crippen LogP contribution in [0.25, 0.3) is 0 Å². The smallest absolute Gasteiger partial charge is 0.289 e. The van der Waals surface area contributed by atoms with Crippen molar-refractivity contribution in [2.45, 2.75) is 17.2 Å². The summed E-state index contributed by atoms with van der Waals surface area (Å²) in [4.78, 5) is 41.6. The fraction of sp³-hybridized carbons (Fsp3) is 0.240. The van der Waals surface area contributed by atoms with Crippen LogP contribution in [0, 0.1) is 6.92 Å². The van der Waals surface area contributed by atoms with Crippen molar-refractivity contribution in [2.75, 3.05) is 26.2 Å². The highest BCUT2D eigenvalue weighted by atomic mass is 32.2. The summed E-state index contributed by atoms with van der Waals surface area (Å²) in [5.74, 6) is -1.53. The van der Waals surface area contributed by atoms with Gasteiger partial charge in [0.05, 0.1) is 11.2 Å². The van der Waals surface area contributed by atoms with E-state index in [0.717, 1.165) is 5.56 Å². The number of rotatable bonds is 6. The minimum atomic E-state index is -4.25. The molecule has 0 bridgehead atoms. The molecule has 3 amide bonds. The second-order valence-electron chi connectivity index (χ2n) is 8.17. The molecule has 35 heavy (non-hydrogen) atoms. The zero-order valence-corrected chi connectivity index (χ0v) is 19.9. The zero-order valence-electron chi connectivity index (χ0n) is 19.1. The normalized spacial score (nSPS) is 14.9. The molecule has 0 aliphatic carbocycles. The first kappa shape index (κ1) is 24.2. The van der Waals surface area contributed by atoms with Crippen molar-refractivity contribution in [2.24, 2.45) is 0 Å². The number of amides is 3. The summed E-state index contributed by atoms with van der Waals surface area (Å²) in [6, 6.07) is 17.4. The minimum Gasteiger partial charge on any atom is -0.459 e. The van der Waals surface area contributed by atoms with Crippen LogP contribution in [-0.4, -0.2) is 67.5 Å². The highest BCUT2D eigenvalue weighted by molar-refractivity contribution is 7.92. The number of nitrogens with zero attached hydrogens (tertiary/aromatic N) is 2. The van der Waals surface area contributed by atoms with Gasteiger partial charge in [0.15, 0.2) is 5.76 Å². The second kappa shape index (κ2) is 10.1. The van der Waals surface area contributed by atoms with Gasteiger partial charge in [-0.25, -0.2) is 8.42 Å². The van der Waals surface area contributed by atoms with Gasteiger partial charge in [0.25, 0.3) is 17.7 Å². The average Bonchev–Trinajstić information content (AvgIpc) is 3.42. The number of piperazine rings is 1. The van der Waals surface area contributed by atoms with Gasteiger partial charge in [0, 0.05) is 31.7 Å². The van der Waals surface area contributed by atoms with Crippen molar-refractivity contribution in [1.82, 2.24) is 15.1 Å².